The Kier molecular flexibility index (Phi) is 4.37. The highest BCUT2D eigenvalue weighted by molar-refractivity contribution is 5.95. The van der Waals surface area contributed by atoms with Crippen LogP contribution in [0.15, 0.2) is 79.1 Å². The third kappa shape index (κ3) is 3.52. The van der Waals surface area contributed by atoms with Crippen molar-refractivity contribution in [3.8, 4) is 22.8 Å². The Hall–Kier alpha value is -3.80. The number of aromatic nitrogens is 2. The van der Waals surface area contributed by atoms with Crippen LogP contribution in [0.25, 0.3) is 16.9 Å². The molecular weight excluding hydrogens is 366 g/mol. The average Bonchev–Trinajstić information content (AvgIpc) is 3.21. The Morgan fingerprint density at radius 3 is 2.72 bits per heavy atom. The molecule has 1 atom stereocenters. The highest BCUT2D eigenvalue weighted by Crippen LogP contribution is 2.30. The Bertz CT molecular complexity index is 1170. The second kappa shape index (κ2) is 7.31. The first-order chi connectivity index (χ1) is 14.3. The van der Waals surface area contributed by atoms with E-state index >= 15 is 0 Å². The minimum Gasteiger partial charge on any atom is -0.486 e. The van der Waals surface area contributed by atoms with E-state index in [1.807, 2.05) is 71.4 Å². The number of nitrogens with zero attached hydrogens (tertiary/aromatic N) is 2. The predicted octanol–water partition coefficient (Wildman–Crippen LogP) is 3.57. The number of carbonyl (C=O) groups is 1. The van der Waals surface area contributed by atoms with Gasteiger partial charge >= 0.3 is 0 Å². The lowest BCUT2D eigenvalue weighted by Gasteiger charge is -2.26. The largest absolute Gasteiger partial charge is 0.486 e. The second-order valence-corrected chi connectivity index (χ2v) is 6.88. The van der Waals surface area contributed by atoms with Gasteiger partial charge in [-0.2, -0.15) is 0 Å². The number of benzene rings is 2. The molecule has 1 unspecified atom stereocenters. The van der Waals surface area contributed by atoms with Crippen molar-refractivity contribution in [1.82, 2.24) is 14.7 Å². The number of carbonyl (C=O) groups excluding carboxylic acids is 1. The van der Waals surface area contributed by atoms with Gasteiger partial charge in [0.05, 0.1) is 12.2 Å². The van der Waals surface area contributed by atoms with E-state index in [4.69, 9.17) is 9.47 Å². The second-order valence-electron chi connectivity index (χ2n) is 6.88. The summed E-state index contributed by atoms with van der Waals surface area (Å²) in [6.45, 7) is 0.763. The fraction of sp³-hybridized carbons (Fsp3) is 0.130. The van der Waals surface area contributed by atoms with E-state index in [9.17, 15) is 4.79 Å². The molecule has 6 heteroatoms. The van der Waals surface area contributed by atoms with Crippen LogP contribution in [0.5, 0.6) is 11.5 Å². The molecule has 1 N–H and O–H groups in total. The first kappa shape index (κ1) is 17.3. The number of amides is 1. The molecule has 0 saturated carbocycles. The Morgan fingerprint density at radius 1 is 1.07 bits per heavy atom. The minimum absolute atomic E-state index is 0.167. The van der Waals surface area contributed by atoms with E-state index in [0.29, 0.717) is 24.5 Å². The number of para-hydroxylation sites is 2. The van der Waals surface area contributed by atoms with Gasteiger partial charge in [0, 0.05) is 23.5 Å². The first-order valence-electron chi connectivity index (χ1n) is 9.47. The number of nitrogens with one attached hydrogen (secondary N) is 1. The summed E-state index contributed by atoms with van der Waals surface area (Å²) < 4.78 is 13.5. The lowest BCUT2D eigenvalue weighted by molar-refractivity contribution is 0.0789. The highest BCUT2D eigenvalue weighted by atomic mass is 16.6. The number of ether oxygens (including phenoxy) is 2. The predicted molar refractivity (Wildman–Crippen MR) is 109 cm³/mol. The van der Waals surface area contributed by atoms with Gasteiger partial charge in [0.15, 0.2) is 11.5 Å². The van der Waals surface area contributed by atoms with Crippen LogP contribution in [-0.4, -0.2) is 34.5 Å². The summed E-state index contributed by atoms with van der Waals surface area (Å²) in [6, 6.07) is 21.1. The lowest BCUT2D eigenvalue weighted by Crippen LogP contribution is -2.40. The molecule has 0 aliphatic carbocycles. The van der Waals surface area contributed by atoms with Crippen molar-refractivity contribution in [3.05, 3.63) is 84.7 Å². The molecule has 0 radical (unpaired) electrons. The van der Waals surface area contributed by atoms with Crippen molar-refractivity contribution in [2.45, 2.75) is 6.10 Å². The minimum atomic E-state index is -0.228. The van der Waals surface area contributed by atoms with Crippen LogP contribution in [0.2, 0.25) is 0 Å². The van der Waals surface area contributed by atoms with Crippen LogP contribution >= 0.6 is 0 Å². The van der Waals surface area contributed by atoms with Gasteiger partial charge in [-0.15, -0.1) is 0 Å². The van der Waals surface area contributed by atoms with E-state index < -0.39 is 0 Å². The van der Waals surface area contributed by atoms with Gasteiger partial charge in [0.25, 0.3) is 5.91 Å². The monoisotopic (exact) mass is 385 g/mol. The van der Waals surface area contributed by atoms with E-state index in [1.165, 1.54) is 0 Å². The van der Waals surface area contributed by atoms with Crippen LogP contribution in [0, 0.1) is 0 Å². The first-order valence-corrected chi connectivity index (χ1v) is 9.47. The number of hydrogen-bond donors (Lipinski definition) is 1. The van der Waals surface area contributed by atoms with E-state index in [-0.39, 0.29) is 12.0 Å². The summed E-state index contributed by atoms with van der Waals surface area (Å²) in [6.07, 6.45) is 3.57. The zero-order valence-corrected chi connectivity index (χ0v) is 15.6. The molecule has 6 nitrogen and oxygen atoms in total. The molecule has 144 valence electrons. The van der Waals surface area contributed by atoms with Gasteiger partial charge in [-0.25, -0.2) is 4.98 Å². The van der Waals surface area contributed by atoms with Gasteiger partial charge in [-0.05, 0) is 24.3 Å². The van der Waals surface area contributed by atoms with Crippen molar-refractivity contribution in [2.24, 2.45) is 0 Å². The smallest absolute Gasteiger partial charge is 0.251 e. The van der Waals surface area contributed by atoms with Crippen LogP contribution in [0.3, 0.4) is 0 Å². The standard InChI is InChI=1S/C23H19N3O3/c27-23(24-13-18-15-28-20-8-4-5-9-21(20)29-18)17-10-11-26-14-19(25-22(26)12-17)16-6-2-1-3-7-16/h1-12,14,18H,13,15H2,(H,24,27). The summed E-state index contributed by atoms with van der Waals surface area (Å²) in [5.41, 5.74) is 3.19. The molecule has 4 aromatic rings. The van der Waals surface area contributed by atoms with Crippen molar-refractivity contribution in [1.29, 1.82) is 0 Å². The van der Waals surface area contributed by atoms with Crippen molar-refractivity contribution in [2.75, 3.05) is 13.2 Å². The normalized spacial score (nSPS) is 15.2. The number of rotatable bonds is 4. The molecular formula is C23H19N3O3. The molecule has 1 amide bonds. The maximum Gasteiger partial charge on any atom is 0.251 e. The molecule has 0 spiro atoms. The van der Waals surface area contributed by atoms with E-state index in [0.717, 1.165) is 22.7 Å². The highest BCUT2D eigenvalue weighted by Gasteiger charge is 2.21. The molecule has 5 rings (SSSR count). The maximum atomic E-state index is 12.6. The molecule has 29 heavy (non-hydrogen) atoms. The molecule has 3 heterocycles. The Labute approximate surface area is 167 Å². The van der Waals surface area contributed by atoms with Gasteiger partial charge in [-0.1, -0.05) is 42.5 Å². The Balaban J connectivity index is 1.27. The Morgan fingerprint density at radius 2 is 1.86 bits per heavy atom. The molecule has 1 aliphatic heterocycles. The van der Waals surface area contributed by atoms with Crippen molar-refractivity contribution >= 4 is 11.6 Å². The number of imidazole rings is 1. The number of pyridine rings is 1. The number of hydrogen-bond acceptors (Lipinski definition) is 4. The number of fused-ring (bicyclic) bond motifs is 2. The summed E-state index contributed by atoms with van der Waals surface area (Å²) >= 11 is 0. The summed E-state index contributed by atoms with van der Waals surface area (Å²) in [5, 5.41) is 2.92. The van der Waals surface area contributed by atoms with Crippen LogP contribution < -0.4 is 14.8 Å². The van der Waals surface area contributed by atoms with Crippen LogP contribution in [0.1, 0.15) is 10.4 Å². The average molecular weight is 385 g/mol. The third-order valence-corrected chi connectivity index (χ3v) is 4.85. The molecule has 1 aliphatic rings. The van der Waals surface area contributed by atoms with Gasteiger partial charge < -0.3 is 19.2 Å². The van der Waals surface area contributed by atoms with Gasteiger partial charge in [-0.3, -0.25) is 4.79 Å². The SMILES string of the molecule is O=C(NCC1COc2ccccc2O1)c1ccn2cc(-c3ccccc3)nc2c1. The molecule has 0 fully saturated rings. The maximum absolute atomic E-state index is 12.6. The van der Waals surface area contributed by atoms with Gasteiger partial charge in [0.2, 0.25) is 0 Å². The third-order valence-electron chi connectivity index (χ3n) is 4.85. The lowest BCUT2D eigenvalue weighted by atomic mass is 10.2. The molecule has 2 aromatic heterocycles. The summed E-state index contributed by atoms with van der Waals surface area (Å²) in [4.78, 5) is 17.2. The van der Waals surface area contributed by atoms with Crippen LogP contribution in [0.4, 0.5) is 0 Å². The summed E-state index contributed by atoms with van der Waals surface area (Å²) in [5.74, 6) is 1.26. The fourth-order valence-corrected chi connectivity index (χ4v) is 3.34. The van der Waals surface area contributed by atoms with Gasteiger partial charge in [0.1, 0.15) is 18.4 Å². The molecule has 0 saturated heterocycles. The van der Waals surface area contributed by atoms with Crippen LogP contribution in [-0.2, 0) is 0 Å². The molecule has 2 aromatic carbocycles. The van der Waals surface area contributed by atoms with E-state index in [2.05, 4.69) is 10.3 Å². The van der Waals surface area contributed by atoms with Crippen molar-refractivity contribution < 1.29 is 14.3 Å². The topological polar surface area (TPSA) is 64.9 Å². The zero-order valence-electron chi connectivity index (χ0n) is 15.6. The quantitative estimate of drug-likeness (QED) is 0.583. The van der Waals surface area contributed by atoms with Crippen molar-refractivity contribution in [3.63, 3.8) is 0 Å². The fourth-order valence-electron chi connectivity index (χ4n) is 3.34. The summed E-state index contributed by atoms with van der Waals surface area (Å²) in [7, 11) is 0. The van der Waals surface area contributed by atoms with E-state index in [1.54, 1.807) is 12.1 Å². The zero-order chi connectivity index (χ0) is 19.6. The molecule has 0 bridgehead atoms.